The average Bonchev–Trinajstić information content (AvgIpc) is 2.17. The Labute approximate surface area is 101 Å². The molecule has 0 saturated carbocycles. The molecular formula is C11H16ClNO3. The van der Waals surface area contributed by atoms with E-state index in [0.717, 1.165) is 5.56 Å². The van der Waals surface area contributed by atoms with E-state index < -0.39 is 0 Å². The number of methoxy groups -OCH3 is 1. The van der Waals surface area contributed by atoms with Crippen molar-refractivity contribution in [3.05, 3.63) is 23.8 Å². The fraction of sp³-hybridized carbons (Fsp3) is 0.364. The van der Waals surface area contributed by atoms with E-state index in [-0.39, 0.29) is 24.4 Å². The van der Waals surface area contributed by atoms with E-state index in [0.29, 0.717) is 11.5 Å². The Morgan fingerprint density at radius 3 is 2.44 bits per heavy atom. The average molecular weight is 246 g/mol. The lowest BCUT2D eigenvalue weighted by Gasteiger charge is -2.11. The third-order valence-electron chi connectivity index (χ3n) is 1.97. The number of carbonyl (C=O) groups is 1. The van der Waals surface area contributed by atoms with E-state index in [1.807, 2.05) is 13.0 Å². The molecule has 0 unspecified atom stereocenters. The molecule has 0 aliphatic heterocycles. The molecule has 2 N–H and O–H groups in total. The monoisotopic (exact) mass is 245 g/mol. The van der Waals surface area contributed by atoms with Crippen molar-refractivity contribution < 1.29 is 14.3 Å². The lowest BCUT2D eigenvalue weighted by atomic mass is 10.1. The number of hydrogen-bond acceptors (Lipinski definition) is 4. The molecule has 16 heavy (non-hydrogen) atoms. The van der Waals surface area contributed by atoms with Crippen molar-refractivity contribution in [1.82, 2.24) is 0 Å². The van der Waals surface area contributed by atoms with E-state index >= 15 is 0 Å². The van der Waals surface area contributed by atoms with Crippen LogP contribution in [0.15, 0.2) is 18.2 Å². The van der Waals surface area contributed by atoms with Gasteiger partial charge in [0, 0.05) is 13.0 Å². The number of carbonyl (C=O) groups excluding carboxylic acids is 1. The lowest BCUT2D eigenvalue weighted by Crippen LogP contribution is -2.07. The predicted octanol–water partition coefficient (Wildman–Crippen LogP) is 2.06. The van der Waals surface area contributed by atoms with Crippen molar-refractivity contribution in [2.75, 3.05) is 7.11 Å². The topological polar surface area (TPSA) is 61.6 Å². The number of esters is 1. The molecule has 90 valence electrons. The van der Waals surface area contributed by atoms with Crippen LogP contribution in [-0.4, -0.2) is 13.1 Å². The molecule has 0 bridgehead atoms. The first kappa shape index (κ1) is 14.7. The standard InChI is InChI=1S/C11H15NO3.ClH/c1-7(12)9-4-5-10(15-8(2)13)11(6-9)14-3;/h4-7H,12H2,1-3H3;1H/t7-;/m0./s1. The van der Waals surface area contributed by atoms with Crippen LogP contribution in [0.25, 0.3) is 0 Å². The van der Waals surface area contributed by atoms with Crippen LogP contribution in [0.1, 0.15) is 25.5 Å². The van der Waals surface area contributed by atoms with Gasteiger partial charge in [-0.25, -0.2) is 0 Å². The first-order valence-electron chi connectivity index (χ1n) is 4.66. The summed E-state index contributed by atoms with van der Waals surface area (Å²) in [4.78, 5) is 10.8. The summed E-state index contributed by atoms with van der Waals surface area (Å²) in [6.45, 7) is 3.22. The van der Waals surface area contributed by atoms with Gasteiger partial charge >= 0.3 is 5.97 Å². The van der Waals surface area contributed by atoms with Gasteiger partial charge < -0.3 is 15.2 Å². The van der Waals surface area contributed by atoms with Crippen LogP contribution in [-0.2, 0) is 4.79 Å². The van der Waals surface area contributed by atoms with Crippen LogP contribution in [0, 0.1) is 0 Å². The zero-order chi connectivity index (χ0) is 11.4. The summed E-state index contributed by atoms with van der Waals surface area (Å²) in [5.41, 5.74) is 6.66. The van der Waals surface area contributed by atoms with E-state index in [2.05, 4.69) is 0 Å². The molecule has 0 amide bonds. The van der Waals surface area contributed by atoms with Gasteiger partial charge in [0.25, 0.3) is 0 Å². The molecule has 0 fully saturated rings. The molecule has 0 radical (unpaired) electrons. The Bertz CT molecular complexity index is 366. The Morgan fingerprint density at radius 1 is 1.38 bits per heavy atom. The highest BCUT2D eigenvalue weighted by atomic mass is 35.5. The van der Waals surface area contributed by atoms with E-state index in [1.165, 1.54) is 14.0 Å². The van der Waals surface area contributed by atoms with Crippen LogP contribution < -0.4 is 15.2 Å². The third-order valence-corrected chi connectivity index (χ3v) is 1.97. The normalized spacial score (nSPS) is 11.2. The number of benzene rings is 1. The summed E-state index contributed by atoms with van der Waals surface area (Å²) >= 11 is 0. The van der Waals surface area contributed by atoms with Gasteiger partial charge in [0.2, 0.25) is 0 Å². The number of nitrogens with two attached hydrogens (primary N) is 1. The van der Waals surface area contributed by atoms with Gasteiger partial charge in [0.05, 0.1) is 7.11 Å². The molecule has 0 aliphatic rings. The SMILES string of the molecule is COc1cc([C@H](C)N)ccc1OC(C)=O.Cl. The lowest BCUT2D eigenvalue weighted by molar-refractivity contribution is -0.132. The van der Waals surface area contributed by atoms with Crippen molar-refractivity contribution in [2.45, 2.75) is 19.9 Å². The molecule has 1 atom stereocenters. The minimum Gasteiger partial charge on any atom is -0.493 e. The summed E-state index contributed by atoms with van der Waals surface area (Å²) in [6.07, 6.45) is 0. The molecule has 4 nitrogen and oxygen atoms in total. The molecule has 5 heteroatoms. The largest absolute Gasteiger partial charge is 0.493 e. The maximum atomic E-state index is 10.8. The maximum Gasteiger partial charge on any atom is 0.308 e. The van der Waals surface area contributed by atoms with Crippen LogP contribution in [0.3, 0.4) is 0 Å². The Hall–Kier alpha value is -1.26. The number of rotatable bonds is 3. The quantitative estimate of drug-likeness (QED) is 0.654. The van der Waals surface area contributed by atoms with Crippen molar-refractivity contribution in [3.8, 4) is 11.5 Å². The first-order chi connectivity index (χ1) is 7.04. The fourth-order valence-electron chi connectivity index (χ4n) is 1.21. The summed E-state index contributed by atoms with van der Waals surface area (Å²) in [6, 6.07) is 5.18. The minimum atomic E-state index is -0.373. The van der Waals surface area contributed by atoms with E-state index in [1.54, 1.807) is 12.1 Å². The Balaban J connectivity index is 0.00000225. The molecular weight excluding hydrogens is 230 g/mol. The molecule has 0 saturated heterocycles. The van der Waals surface area contributed by atoms with Crippen molar-refractivity contribution >= 4 is 18.4 Å². The number of hydrogen-bond donors (Lipinski definition) is 1. The maximum absolute atomic E-state index is 10.8. The second-order valence-corrected chi connectivity index (χ2v) is 3.29. The Kier molecular flexibility index (Phi) is 5.85. The van der Waals surface area contributed by atoms with Crippen molar-refractivity contribution in [1.29, 1.82) is 0 Å². The van der Waals surface area contributed by atoms with Crippen LogP contribution in [0.2, 0.25) is 0 Å². The zero-order valence-corrected chi connectivity index (χ0v) is 10.3. The number of ether oxygens (including phenoxy) is 2. The molecule has 1 aromatic carbocycles. The van der Waals surface area contributed by atoms with Gasteiger partial charge in [-0.1, -0.05) is 6.07 Å². The van der Waals surface area contributed by atoms with Crippen molar-refractivity contribution in [2.24, 2.45) is 5.73 Å². The molecule has 0 aromatic heterocycles. The molecule has 1 rings (SSSR count). The first-order valence-corrected chi connectivity index (χ1v) is 4.66. The Morgan fingerprint density at radius 2 is 2.00 bits per heavy atom. The van der Waals surface area contributed by atoms with Gasteiger partial charge in [0.15, 0.2) is 11.5 Å². The van der Waals surface area contributed by atoms with Crippen LogP contribution in [0.5, 0.6) is 11.5 Å². The summed E-state index contributed by atoms with van der Waals surface area (Å²) in [7, 11) is 1.52. The second-order valence-electron chi connectivity index (χ2n) is 3.29. The molecule has 0 aliphatic carbocycles. The number of halogens is 1. The van der Waals surface area contributed by atoms with Crippen LogP contribution in [0.4, 0.5) is 0 Å². The molecule has 0 spiro atoms. The highest BCUT2D eigenvalue weighted by molar-refractivity contribution is 5.85. The fourth-order valence-corrected chi connectivity index (χ4v) is 1.21. The predicted molar refractivity (Wildman–Crippen MR) is 64.2 cm³/mol. The smallest absolute Gasteiger partial charge is 0.308 e. The second kappa shape index (κ2) is 6.35. The zero-order valence-electron chi connectivity index (χ0n) is 9.52. The van der Waals surface area contributed by atoms with Gasteiger partial charge in [-0.15, -0.1) is 12.4 Å². The van der Waals surface area contributed by atoms with Crippen LogP contribution >= 0.6 is 12.4 Å². The van der Waals surface area contributed by atoms with Gasteiger partial charge in [-0.3, -0.25) is 4.79 Å². The van der Waals surface area contributed by atoms with Gasteiger partial charge in [0.1, 0.15) is 0 Å². The van der Waals surface area contributed by atoms with Gasteiger partial charge in [-0.05, 0) is 24.6 Å². The third kappa shape index (κ3) is 3.72. The van der Waals surface area contributed by atoms with E-state index in [4.69, 9.17) is 15.2 Å². The highest BCUT2D eigenvalue weighted by Crippen LogP contribution is 2.29. The van der Waals surface area contributed by atoms with E-state index in [9.17, 15) is 4.79 Å². The minimum absolute atomic E-state index is 0. The summed E-state index contributed by atoms with van der Waals surface area (Å²) in [5, 5.41) is 0. The summed E-state index contributed by atoms with van der Waals surface area (Å²) in [5.74, 6) is 0.552. The molecule has 0 heterocycles. The molecule has 1 aromatic rings. The summed E-state index contributed by atoms with van der Waals surface area (Å²) < 4.78 is 10.1. The van der Waals surface area contributed by atoms with Crippen molar-refractivity contribution in [3.63, 3.8) is 0 Å². The highest BCUT2D eigenvalue weighted by Gasteiger charge is 2.09. The van der Waals surface area contributed by atoms with Gasteiger partial charge in [-0.2, -0.15) is 0 Å².